The van der Waals surface area contributed by atoms with Crippen LogP contribution in [0.4, 0.5) is 0 Å². The summed E-state index contributed by atoms with van der Waals surface area (Å²) in [6.07, 6.45) is 7.50. The number of nitrogens with zero attached hydrogens (tertiary/aromatic N) is 4. The smallest absolute Gasteiger partial charge is 0.141 e. The largest absolute Gasteiger partial charge is 0.379 e. The zero-order valence-corrected chi connectivity index (χ0v) is 12.8. The Balaban J connectivity index is 1.70. The summed E-state index contributed by atoms with van der Waals surface area (Å²) in [6.45, 7) is 5.67. The molecule has 0 N–H and O–H groups in total. The van der Waals surface area contributed by atoms with E-state index in [4.69, 9.17) is 4.74 Å². The van der Waals surface area contributed by atoms with Gasteiger partial charge in [0.2, 0.25) is 0 Å². The number of rotatable bonds is 4. The van der Waals surface area contributed by atoms with E-state index >= 15 is 0 Å². The fourth-order valence-electron chi connectivity index (χ4n) is 2.36. The maximum Gasteiger partial charge on any atom is 0.141 e. The molecule has 0 atom stereocenters. The first-order valence-corrected chi connectivity index (χ1v) is 7.54. The van der Waals surface area contributed by atoms with Crippen molar-refractivity contribution in [3.8, 4) is 11.4 Å². The second kappa shape index (κ2) is 6.47. The summed E-state index contributed by atoms with van der Waals surface area (Å²) < 4.78 is 8.52. The molecule has 0 bridgehead atoms. The van der Waals surface area contributed by atoms with Crippen LogP contribution in [-0.2, 0) is 11.3 Å². The Hall–Kier alpha value is -1.24. The van der Waals surface area contributed by atoms with E-state index in [9.17, 15) is 0 Å². The molecule has 1 aliphatic heterocycles. The van der Waals surface area contributed by atoms with E-state index in [0.717, 1.165) is 55.3 Å². The summed E-state index contributed by atoms with van der Waals surface area (Å²) in [5, 5.41) is 0. The molecule has 0 amide bonds. The average Bonchev–Trinajstić information content (AvgIpc) is 2.95. The molecule has 20 heavy (non-hydrogen) atoms. The number of hydrogen-bond acceptors (Lipinski definition) is 4. The summed E-state index contributed by atoms with van der Waals surface area (Å²) in [5.41, 5.74) is 1.03. The van der Waals surface area contributed by atoms with E-state index in [2.05, 4.69) is 35.4 Å². The van der Waals surface area contributed by atoms with Crippen LogP contribution < -0.4 is 0 Å². The van der Waals surface area contributed by atoms with Gasteiger partial charge in [0.05, 0.1) is 13.2 Å². The molecule has 1 aliphatic rings. The summed E-state index contributed by atoms with van der Waals surface area (Å²) >= 11 is 3.45. The minimum atomic E-state index is 0.840. The number of hydrogen-bond donors (Lipinski definition) is 0. The second-order valence-electron chi connectivity index (χ2n) is 4.79. The third-order valence-electron chi connectivity index (χ3n) is 3.44. The minimum Gasteiger partial charge on any atom is -0.379 e. The van der Waals surface area contributed by atoms with Gasteiger partial charge in [-0.05, 0) is 22.0 Å². The monoisotopic (exact) mass is 336 g/mol. The van der Waals surface area contributed by atoms with Gasteiger partial charge in [-0.2, -0.15) is 0 Å². The van der Waals surface area contributed by atoms with Crippen molar-refractivity contribution in [2.75, 3.05) is 32.8 Å². The van der Waals surface area contributed by atoms with Gasteiger partial charge in [-0.1, -0.05) is 0 Å². The number of imidazole rings is 1. The third kappa shape index (κ3) is 3.26. The Morgan fingerprint density at radius 2 is 2.05 bits per heavy atom. The number of aromatic nitrogens is 3. The highest BCUT2D eigenvalue weighted by atomic mass is 79.9. The molecule has 0 aromatic carbocycles. The molecule has 0 saturated carbocycles. The zero-order chi connectivity index (χ0) is 13.8. The van der Waals surface area contributed by atoms with Crippen LogP contribution in [0, 0.1) is 0 Å². The van der Waals surface area contributed by atoms with Gasteiger partial charge >= 0.3 is 0 Å². The molecule has 5 nitrogen and oxygen atoms in total. The van der Waals surface area contributed by atoms with Crippen LogP contribution >= 0.6 is 15.9 Å². The topological polar surface area (TPSA) is 43.2 Å². The Bertz CT molecular complexity index is 566. The van der Waals surface area contributed by atoms with Crippen LogP contribution in [0.5, 0.6) is 0 Å². The molecule has 3 rings (SSSR count). The lowest BCUT2D eigenvalue weighted by Crippen LogP contribution is -2.38. The minimum absolute atomic E-state index is 0.840. The van der Waals surface area contributed by atoms with Crippen molar-refractivity contribution in [1.82, 2.24) is 19.4 Å². The van der Waals surface area contributed by atoms with Crippen molar-refractivity contribution in [3.63, 3.8) is 0 Å². The lowest BCUT2D eigenvalue weighted by atomic mass is 10.2. The van der Waals surface area contributed by atoms with Crippen molar-refractivity contribution < 1.29 is 4.74 Å². The fraction of sp³-hybridized carbons (Fsp3) is 0.429. The van der Waals surface area contributed by atoms with Crippen LogP contribution in [0.3, 0.4) is 0 Å². The van der Waals surface area contributed by atoms with Crippen LogP contribution in [0.25, 0.3) is 11.4 Å². The van der Waals surface area contributed by atoms with Crippen LogP contribution in [-0.4, -0.2) is 52.3 Å². The maximum absolute atomic E-state index is 5.37. The molecule has 2 aromatic rings. The van der Waals surface area contributed by atoms with Crippen LogP contribution in [0.15, 0.2) is 35.3 Å². The van der Waals surface area contributed by atoms with Crippen LogP contribution in [0.1, 0.15) is 0 Å². The molecule has 0 aliphatic carbocycles. The molecule has 3 heterocycles. The average molecular weight is 337 g/mol. The van der Waals surface area contributed by atoms with E-state index in [1.165, 1.54) is 0 Å². The van der Waals surface area contributed by atoms with E-state index in [1.54, 1.807) is 6.20 Å². The highest BCUT2D eigenvalue weighted by Gasteiger charge is 2.12. The van der Waals surface area contributed by atoms with E-state index in [1.807, 2.05) is 24.7 Å². The Morgan fingerprint density at radius 3 is 2.85 bits per heavy atom. The van der Waals surface area contributed by atoms with Crippen molar-refractivity contribution in [2.45, 2.75) is 6.54 Å². The van der Waals surface area contributed by atoms with Crippen molar-refractivity contribution in [2.24, 2.45) is 0 Å². The van der Waals surface area contributed by atoms with Gasteiger partial charge in [-0.15, -0.1) is 0 Å². The Morgan fingerprint density at radius 1 is 1.20 bits per heavy atom. The van der Waals surface area contributed by atoms with E-state index in [-0.39, 0.29) is 0 Å². The highest BCUT2D eigenvalue weighted by Crippen LogP contribution is 2.20. The number of ether oxygens (including phenoxy) is 1. The van der Waals surface area contributed by atoms with E-state index < -0.39 is 0 Å². The Labute approximate surface area is 126 Å². The summed E-state index contributed by atoms with van der Waals surface area (Å²) in [6, 6.07) is 2.04. The number of pyridine rings is 1. The summed E-state index contributed by atoms with van der Waals surface area (Å²) in [4.78, 5) is 11.1. The molecule has 106 valence electrons. The highest BCUT2D eigenvalue weighted by molar-refractivity contribution is 9.10. The predicted octanol–water partition coefficient (Wildman–Crippen LogP) is 2.04. The molecule has 1 saturated heterocycles. The van der Waals surface area contributed by atoms with Crippen molar-refractivity contribution >= 4 is 15.9 Å². The molecule has 0 spiro atoms. The standard InChI is InChI=1S/C14H17BrN4O/c15-13-9-12(10-16-11-13)14-17-1-2-19(14)4-3-18-5-7-20-8-6-18/h1-2,9-11H,3-8H2. The summed E-state index contributed by atoms with van der Waals surface area (Å²) in [7, 11) is 0. The lowest BCUT2D eigenvalue weighted by molar-refractivity contribution is 0.0364. The first-order valence-electron chi connectivity index (χ1n) is 6.75. The molecular formula is C14H17BrN4O. The Kier molecular flexibility index (Phi) is 4.44. The molecular weight excluding hydrogens is 320 g/mol. The van der Waals surface area contributed by atoms with Gasteiger partial charge < -0.3 is 9.30 Å². The van der Waals surface area contributed by atoms with Gasteiger partial charge in [-0.25, -0.2) is 4.98 Å². The maximum atomic E-state index is 5.37. The van der Waals surface area contributed by atoms with Gasteiger partial charge in [0.1, 0.15) is 5.82 Å². The fourth-order valence-corrected chi connectivity index (χ4v) is 2.72. The zero-order valence-electron chi connectivity index (χ0n) is 11.2. The number of morpholine rings is 1. The van der Waals surface area contributed by atoms with Crippen molar-refractivity contribution in [3.05, 3.63) is 35.3 Å². The molecule has 0 radical (unpaired) electrons. The lowest BCUT2D eigenvalue weighted by Gasteiger charge is -2.26. The molecule has 0 unspecified atom stereocenters. The molecule has 2 aromatic heterocycles. The molecule has 1 fully saturated rings. The van der Waals surface area contributed by atoms with Crippen molar-refractivity contribution in [1.29, 1.82) is 0 Å². The van der Waals surface area contributed by atoms with Gasteiger partial charge in [0, 0.05) is 61.0 Å². The van der Waals surface area contributed by atoms with Gasteiger partial charge in [0.15, 0.2) is 0 Å². The SMILES string of the molecule is Brc1cncc(-c2nccn2CCN2CCOCC2)c1. The predicted molar refractivity (Wildman–Crippen MR) is 80.4 cm³/mol. The van der Waals surface area contributed by atoms with Gasteiger partial charge in [0.25, 0.3) is 0 Å². The van der Waals surface area contributed by atoms with Crippen LogP contribution in [0.2, 0.25) is 0 Å². The third-order valence-corrected chi connectivity index (χ3v) is 3.87. The first-order chi connectivity index (χ1) is 9.83. The quantitative estimate of drug-likeness (QED) is 0.856. The first kappa shape index (κ1) is 13.7. The van der Waals surface area contributed by atoms with Gasteiger partial charge in [-0.3, -0.25) is 9.88 Å². The second-order valence-corrected chi connectivity index (χ2v) is 5.71. The van der Waals surface area contributed by atoms with E-state index in [0.29, 0.717) is 0 Å². The number of halogens is 1. The summed E-state index contributed by atoms with van der Waals surface area (Å²) in [5.74, 6) is 0.965. The normalized spacial score (nSPS) is 16.4. The molecule has 6 heteroatoms.